The van der Waals surface area contributed by atoms with E-state index < -0.39 is 0 Å². The van der Waals surface area contributed by atoms with E-state index in [1.54, 1.807) is 0 Å². The molecule has 0 saturated heterocycles. The van der Waals surface area contributed by atoms with Crippen LogP contribution in [0.5, 0.6) is 0 Å². The number of hydrogen-bond acceptors (Lipinski definition) is 3. The van der Waals surface area contributed by atoms with Gasteiger partial charge in [-0.1, -0.05) is 32.4 Å². The zero-order valence-corrected chi connectivity index (χ0v) is 11.7. The second-order valence-corrected chi connectivity index (χ2v) is 6.35. The van der Waals surface area contributed by atoms with Gasteiger partial charge in [0.1, 0.15) is 5.82 Å². The number of hydrogen-bond donors (Lipinski definition) is 1. The largest absolute Gasteiger partial charge is 0.366 e. The highest BCUT2D eigenvalue weighted by Gasteiger charge is 2.27. The maximum absolute atomic E-state index is 4.64. The fourth-order valence-corrected chi connectivity index (χ4v) is 3.06. The van der Waals surface area contributed by atoms with Gasteiger partial charge in [-0.3, -0.25) is 4.98 Å². The monoisotopic (exact) mass is 255 g/mol. The average Bonchev–Trinajstić information content (AvgIpc) is 2.37. The van der Waals surface area contributed by atoms with Gasteiger partial charge in [-0.25, -0.2) is 4.98 Å². The molecular formula is C16H21N3. The Labute approximate surface area is 114 Å². The first kappa shape index (κ1) is 12.4. The fraction of sp³-hybridized carbons (Fsp3) is 0.500. The fourth-order valence-electron chi connectivity index (χ4n) is 3.06. The van der Waals surface area contributed by atoms with E-state index in [0.29, 0.717) is 11.5 Å². The molecule has 100 valence electrons. The maximum Gasteiger partial charge on any atom is 0.145 e. The van der Waals surface area contributed by atoms with Crippen molar-refractivity contribution in [2.75, 3.05) is 5.32 Å². The Morgan fingerprint density at radius 2 is 2.00 bits per heavy atom. The lowest BCUT2D eigenvalue weighted by Gasteiger charge is -2.35. The molecule has 1 aliphatic carbocycles. The second kappa shape index (κ2) is 4.80. The number of benzene rings is 1. The Bertz CT molecular complexity index is 577. The molecule has 0 amide bonds. The predicted molar refractivity (Wildman–Crippen MR) is 79.2 cm³/mol. The number of aromatic nitrogens is 2. The molecule has 1 saturated carbocycles. The van der Waals surface area contributed by atoms with E-state index in [0.717, 1.165) is 16.9 Å². The first-order valence-corrected chi connectivity index (χ1v) is 7.11. The van der Waals surface area contributed by atoms with Gasteiger partial charge in [-0.15, -0.1) is 0 Å². The molecule has 1 unspecified atom stereocenters. The number of fused-ring (bicyclic) bond motifs is 1. The van der Waals surface area contributed by atoms with Crippen LogP contribution < -0.4 is 5.32 Å². The minimum Gasteiger partial charge on any atom is -0.366 e. The van der Waals surface area contributed by atoms with E-state index in [9.17, 15) is 0 Å². The van der Waals surface area contributed by atoms with Crippen molar-refractivity contribution >= 4 is 16.9 Å². The summed E-state index contributed by atoms with van der Waals surface area (Å²) >= 11 is 0. The molecule has 1 aliphatic rings. The van der Waals surface area contributed by atoms with Crippen molar-refractivity contribution in [3.63, 3.8) is 0 Å². The lowest BCUT2D eigenvalue weighted by Crippen LogP contribution is -2.32. The molecule has 0 radical (unpaired) electrons. The first-order chi connectivity index (χ1) is 9.12. The van der Waals surface area contributed by atoms with Crippen LogP contribution in [-0.4, -0.2) is 16.0 Å². The van der Waals surface area contributed by atoms with Crippen molar-refractivity contribution in [3.8, 4) is 0 Å². The van der Waals surface area contributed by atoms with Crippen LogP contribution in [-0.2, 0) is 0 Å². The number of nitrogens with zero attached hydrogens (tertiary/aromatic N) is 2. The van der Waals surface area contributed by atoms with Crippen LogP contribution in [0.2, 0.25) is 0 Å². The Kier molecular flexibility index (Phi) is 3.13. The molecule has 1 fully saturated rings. The smallest absolute Gasteiger partial charge is 0.145 e. The van der Waals surface area contributed by atoms with Gasteiger partial charge >= 0.3 is 0 Å². The van der Waals surface area contributed by atoms with Gasteiger partial charge in [-0.2, -0.15) is 0 Å². The Balaban J connectivity index is 1.77. The van der Waals surface area contributed by atoms with Gasteiger partial charge < -0.3 is 5.32 Å². The molecule has 1 aromatic heterocycles. The van der Waals surface area contributed by atoms with E-state index in [1.165, 1.54) is 25.7 Å². The van der Waals surface area contributed by atoms with E-state index in [2.05, 4.69) is 29.1 Å². The molecular weight excluding hydrogens is 234 g/mol. The maximum atomic E-state index is 4.64. The van der Waals surface area contributed by atoms with E-state index in [4.69, 9.17) is 0 Å². The molecule has 0 spiro atoms. The summed E-state index contributed by atoms with van der Waals surface area (Å²) in [6.07, 6.45) is 6.92. The van der Waals surface area contributed by atoms with Crippen LogP contribution in [0, 0.1) is 5.41 Å². The summed E-state index contributed by atoms with van der Waals surface area (Å²) < 4.78 is 0. The van der Waals surface area contributed by atoms with Crippen LogP contribution in [0.15, 0.2) is 30.5 Å². The van der Waals surface area contributed by atoms with Crippen molar-refractivity contribution in [2.45, 2.75) is 45.6 Å². The highest BCUT2D eigenvalue weighted by molar-refractivity contribution is 5.75. The minimum absolute atomic E-state index is 0.445. The second-order valence-electron chi connectivity index (χ2n) is 6.35. The van der Waals surface area contributed by atoms with Crippen molar-refractivity contribution in [2.24, 2.45) is 5.41 Å². The molecule has 1 atom stereocenters. The first-order valence-electron chi connectivity index (χ1n) is 7.11. The van der Waals surface area contributed by atoms with Crippen LogP contribution in [0.1, 0.15) is 39.5 Å². The SMILES string of the molecule is CC1(C)CCCC(Nc2cnc3ccccc3n2)C1. The van der Waals surface area contributed by atoms with Crippen LogP contribution in [0.4, 0.5) is 5.82 Å². The van der Waals surface area contributed by atoms with E-state index in [-0.39, 0.29) is 0 Å². The molecule has 1 heterocycles. The molecule has 1 N–H and O–H groups in total. The summed E-state index contributed by atoms with van der Waals surface area (Å²) in [5, 5.41) is 3.55. The highest BCUT2D eigenvalue weighted by Crippen LogP contribution is 2.36. The Morgan fingerprint density at radius 3 is 2.79 bits per heavy atom. The van der Waals surface area contributed by atoms with Gasteiger partial charge in [0.05, 0.1) is 17.2 Å². The summed E-state index contributed by atoms with van der Waals surface area (Å²) in [4.78, 5) is 9.10. The lowest BCUT2D eigenvalue weighted by molar-refractivity contribution is 0.229. The van der Waals surface area contributed by atoms with Crippen molar-refractivity contribution in [1.82, 2.24) is 9.97 Å². The standard InChI is InChI=1S/C16H21N3/c1-16(2)9-5-6-12(10-16)18-15-11-17-13-7-3-4-8-14(13)19-15/h3-4,7-8,11-12H,5-6,9-10H2,1-2H3,(H,18,19). The quantitative estimate of drug-likeness (QED) is 0.881. The topological polar surface area (TPSA) is 37.8 Å². The van der Waals surface area contributed by atoms with E-state index in [1.807, 2.05) is 30.5 Å². The molecule has 1 aromatic carbocycles. The van der Waals surface area contributed by atoms with Gasteiger partial charge in [-0.05, 0) is 36.8 Å². The Hall–Kier alpha value is -1.64. The molecule has 2 aromatic rings. The summed E-state index contributed by atoms with van der Waals surface area (Å²) in [7, 11) is 0. The minimum atomic E-state index is 0.445. The average molecular weight is 255 g/mol. The van der Waals surface area contributed by atoms with Crippen LogP contribution >= 0.6 is 0 Å². The third kappa shape index (κ3) is 2.86. The van der Waals surface area contributed by atoms with Gasteiger partial charge in [0, 0.05) is 6.04 Å². The van der Waals surface area contributed by atoms with Gasteiger partial charge in [0.15, 0.2) is 0 Å². The molecule has 0 aliphatic heterocycles. The number of rotatable bonds is 2. The lowest BCUT2D eigenvalue weighted by atomic mass is 9.75. The van der Waals surface area contributed by atoms with Crippen molar-refractivity contribution < 1.29 is 0 Å². The third-order valence-corrected chi connectivity index (χ3v) is 4.01. The van der Waals surface area contributed by atoms with Gasteiger partial charge in [0.25, 0.3) is 0 Å². The Morgan fingerprint density at radius 1 is 1.21 bits per heavy atom. The van der Waals surface area contributed by atoms with Crippen LogP contribution in [0.25, 0.3) is 11.0 Å². The molecule has 19 heavy (non-hydrogen) atoms. The van der Waals surface area contributed by atoms with E-state index >= 15 is 0 Å². The summed E-state index contributed by atoms with van der Waals surface area (Å²) in [6, 6.07) is 8.53. The van der Waals surface area contributed by atoms with Crippen molar-refractivity contribution in [3.05, 3.63) is 30.5 Å². The summed E-state index contributed by atoms with van der Waals surface area (Å²) in [5.41, 5.74) is 2.36. The molecule has 3 heteroatoms. The number of nitrogens with one attached hydrogen (secondary N) is 1. The molecule has 0 bridgehead atoms. The predicted octanol–water partition coefficient (Wildman–Crippen LogP) is 4.01. The molecule has 3 nitrogen and oxygen atoms in total. The zero-order chi connectivity index (χ0) is 13.3. The highest BCUT2D eigenvalue weighted by atomic mass is 15.0. The summed E-state index contributed by atoms with van der Waals surface area (Å²) in [6.45, 7) is 4.71. The number of para-hydroxylation sites is 2. The molecule has 3 rings (SSSR count). The van der Waals surface area contributed by atoms with Crippen LogP contribution in [0.3, 0.4) is 0 Å². The normalized spacial score (nSPS) is 22.3. The summed E-state index contributed by atoms with van der Waals surface area (Å²) in [5.74, 6) is 0.904. The van der Waals surface area contributed by atoms with Crippen molar-refractivity contribution in [1.29, 1.82) is 0 Å². The van der Waals surface area contributed by atoms with Gasteiger partial charge in [0.2, 0.25) is 0 Å². The third-order valence-electron chi connectivity index (χ3n) is 4.01. The number of anilines is 1. The zero-order valence-electron chi connectivity index (χ0n) is 11.7.